The predicted octanol–water partition coefficient (Wildman–Crippen LogP) is 0.850. The van der Waals surface area contributed by atoms with Crippen LogP contribution in [0.4, 0.5) is 4.39 Å². The zero-order chi connectivity index (χ0) is 15.4. The summed E-state index contributed by atoms with van der Waals surface area (Å²) >= 11 is 0. The highest BCUT2D eigenvalue weighted by Crippen LogP contribution is 2.17. The van der Waals surface area contributed by atoms with Gasteiger partial charge >= 0.3 is 0 Å². The van der Waals surface area contributed by atoms with Gasteiger partial charge in [-0.25, -0.2) is 4.39 Å². The van der Waals surface area contributed by atoms with Crippen LogP contribution in [0.5, 0.6) is 0 Å². The topological polar surface area (TPSA) is 69.2 Å². The summed E-state index contributed by atoms with van der Waals surface area (Å²) in [6.07, 6.45) is -0.511. The fraction of sp³-hybridized carbons (Fsp3) is 0.467. The van der Waals surface area contributed by atoms with Crippen LogP contribution in [0.3, 0.4) is 0 Å². The van der Waals surface area contributed by atoms with E-state index in [1.165, 1.54) is 12.1 Å². The van der Waals surface area contributed by atoms with Gasteiger partial charge in [0.2, 0.25) is 6.10 Å². The third-order valence-electron chi connectivity index (χ3n) is 3.51. The molecular weight excluding hydrogens is 291 g/mol. The van der Waals surface area contributed by atoms with Gasteiger partial charge in [-0.05, 0) is 12.1 Å². The van der Waals surface area contributed by atoms with Crippen LogP contribution in [0.15, 0.2) is 29.4 Å². The van der Waals surface area contributed by atoms with Crippen molar-refractivity contribution in [2.45, 2.75) is 18.6 Å². The van der Waals surface area contributed by atoms with E-state index in [0.29, 0.717) is 44.1 Å². The predicted molar refractivity (Wildman–Crippen MR) is 76.0 cm³/mol. The lowest BCUT2D eigenvalue weighted by Gasteiger charge is -2.23. The number of hydrogen-bond acceptors (Lipinski definition) is 5. The molecule has 2 atom stereocenters. The van der Waals surface area contributed by atoms with Gasteiger partial charge in [-0.3, -0.25) is 4.79 Å². The zero-order valence-electron chi connectivity index (χ0n) is 12.0. The Morgan fingerprint density at radius 3 is 3.09 bits per heavy atom. The van der Waals surface area contributed by atoms with E-state index in [0.717, 1.165) is 0 Å². The summed E-state index contributed by atoms with van der Waals surface area (Å²) in [5.74, 6) is -0.605. The molecule has 1 N–H and O–H groups in total. The molecule has 7 heteroatoms. The number of nitrogens with one attached hydrogen (secondary N) is 1. The van der Waals surface area contributed by atoms with Crippen molar-refractivity contribution < 1.29 is 23.5 Å². The first-order valence-electron chi connectivity index (χ1n) is 7.18. The van der Waals surface area contributed by atoms with E-state index < -0.39 is 6.10 Å². The second-order valence-electron chi connectivity index (χ2n) is 5.16. The van der Waals surface area contributed by atoms with E-state index in [1.54, 1.807) is 12.1 Å². The van der Waals surface area contributed by atoms with Crippen LogP contribution < -0.4 is 5.32 Å². The Labute approximate surface area is 127 Å². The minimum atomic E-state index is -0.692. The zero-order valence-corrected chi connectivity index (χ0v) is 12.0. The molecule has 0 bridgehead atoms. The average molecular weight is 308 g/mol. The molecule has 0 saturated carbocycles. The Morgan fingerprint density at radius 1 is 1.41 bits per heavy atom. The molecule has 0 aliphatic carbocycles. The van der Waals surface area contributed by atoms with E-state index in [-0.39, 0.29) is 17.8 Å². The van der Waals surface area contributed by atoms with Gasteiger partial charge in [-0.15, -0.1) is 0 Å². The highest BCUT2D eigenvalue weighted by molar-refractivity contribution is 6.04. The van der Waals surface area contributed by atoms with Crippen molar-refractivity contribution in [1.29, 1.82) is 0 Å². The van der Waals surface area contributed by atoms with Crippen LogP contribution in [-0.2, 0) is 19.1 Å². The Kier molecular flexibility index (Phi) is 4.65. The number of rotatable bonds is 4. The molecule has 6 nitrogen and oxygen atoms in total. The van der Waals surface area contributed by atoms with E-state index in [4.69, 9.17) is 14.3 Å². The van der Waals surface area contributed by atoms with Crippen LogP contribution in [0.2, 0.25) is 0 Å². The van der Waals surface area contributed by atoms with E-state index >= 15 is 0 Å². The summed E-state index contributed by atoms with van der Waals surface area (Å²) in [5, 5.41) is 6.64. The number of benzene rings is 1. The Bertz CT molecular complexity index is 572. The lowest BCUT2D eigenvalue weighted by Crippen LogP contribution is -2.43. The number of amides is 1. The van der Waals surface area contributed by atoms with Crippen LogP contribution in [0, 0.1) is 5.82 Å². The van der Waals surface area contributed by atoms with Gasteiger partial charge in [0.1, 0.15) is 5.82 Å². The summed E-state index contributed by atoms with van der Waals surface area (Å²) in [6, 6.07) is 6.06. The quantitative estimate of drug-likeness (QED) is 0.895. The molecule has 1 amide bonds. The second kappa shape index (κ2) is 6.85. The molecule has 2 heterocycles. The summed E-state index contributed by atoms with van der Waals surface area (Å²) in [5.41, 5.74) is 1.19. The molecule has 0 spiro atoms. The number of carbonyl (C=O) groups is 1. The smallest absolute Gasteiger partial charge is 0.264 e. The van der Waals surface area contributed by atoms with Gasteiger partial charge in [0.15, 0.2) is 0 Å². The minimum absolute atomic E-state index is 0.136. The summed E-state index contributed by atoms with van der Waals surface area (Å²) in [4.78, 5) is 17.2. The molecule has 1 saturated heterocycles. The number of carbonyl (C=O) groups excluding carboxylic acids is 1. The monoisotopic (exact) mass is 308 g/mol. The number of oxime groups is 1. The minimum Gasteiger partial charge on any atom is -0.382 e. The van der Waals surface area contributed by atoms with E-state index in [2.05, 4.69) is 10.5 Å². The molecule has 2 aliphatic heterocycles. The lowest BCUT2D eigenvalue weighted by atomic mass is 10.0. The van der Waals surface area contributed by atoms with Crippen LogP contribution in [-0.4, -0.2) is 50.2 Å². The molecule has 3 rings (SSSR count). The molecule has 0 aromatic heterocycles. The molecular formula is C15H17FN2O4. The largest absolute Gasteiger partial charge is 0.382 e. The normalized spacial score (nSPS) is 24.5. The fourth-order valence-electron chi connectivity index (χ4n) is 2.34. The summed E-state index contributed by atoms with van der Waals surface area (Å²) < 4.78 is 23.9. The molecule has 0 radical (unpaired) electrons. The molecule has 1 fully saturated rings. The highest BCUT2D eigenvalue weighted by atomic mass is 19.1. The van der Waals surface area contributed by atoms with Gasteiger partial charge in [0.25, 0.3) is 5.91 Å². The Balaban J connectivity index is 1.49. The van der Waals surface area contributed by atoms with Crippen LogP contribution in [0.25, 0.3) is 0 Å². The van der Waals surface area contributed by atoms with Crippen molar-refractivity contribution in [1.82, 2.24) is 5.32 Å². The second-order valence-corrected chi connectivity index (χ2v) is 5.16. The highest BCUT2D eigenvalue weighted by Gasteiger charge is 2.29. The summed E-state index contributed by atoms with van der Waals surface area (Å²) in [6.45, 7) is 1.96. The fourth-order valence-corrected chi connectivity index (χ4v) is 2.34. The van der Waals surface area contributed by atoms with Crippen LogP contribution >= 0.6 is 0 Å². The molecule has 118 valence electrons. The molecule has 2 aliphatic rings. The van der Waals surface area contributed by atoms with Crippen molar-refractivity contribution in [2.24, 2.45) is 5.16 Å². The molecule has 0 unspecified atom stereocenters. The average Bonchev–Trinajstić information content (AvgIpc) is 3.04. The first kappa shape index (κ1) is 14.9. The van der Waals surface area contributed by atoms with Gasteiger partial charge in [0, 0.05) is 18.5 Å². The van der Waals surface area contributed by atoms with Gasteiger partial charge in [0.05, 0.1) is 31.6 Å². The van der Waals surface area contributed by atoms with Crippen molar-refractivity contribution in [3.8, 4) is 0 Å². The van der Waals surface area contributed by atoms with Crippen LogP contribution in [0.1, 0.15) is 12.0 Å². The first-order chi connectivity index (χ1) is 10.7. The molecule has 1 aromatic rings. The van der Waals surface area contributed by atoms with Gasteiger partial charge in [-0.2, -0.15) is 0 Å². The third kappa shape index (κ3) is 3.61. The maximum Gasteiger partial charge on any atom is 0.264 e. The number of nitrogens with zero attached hydrogens (tertiary/aromatic N) is 1. The number of halogens is 1. The summed E-state index contributed by atoms with van der Waals surface area (Å²) in [7, 11) is 0. The number of hydrogen-bond donors (Lipinski definition) is 1. The van der Waals surface area contributed by atoms with Crippen molar-refractivity contribution in [3.05, 3.63) is 35.6 Å². The van der Waals surface area contributed by atoms with Crippen molar-refractivity contribution >= 4 is 11.6 Å². The standard InChI is InChI=1S/C15H17FN2O4/c16-11-3-1-2-10(6-11)13-7-14(22-18-13)15(19)17-8-12-9-20-4-5-21-12/h1-3,6,12,14H,4-5,7-9H2,(H,17,19)/t12-,14-/m1/s1. The van der Waals surface area contributed by atoms with Crippen molar-refractivity contribution in [3.63, 3.8) is 0 Å². The lowest BCUT2D eigenvalue weighted by molar-refractivity contribution is -0.133. The Hall–Kier alpha value is -1.99. The maximum absolute atomic E-state index is 13.2. The van der Waals surface area contributed by atoms with Crippen molar-refractivity contribution in [2.75, 3.05) is 26.4 Å². The Morgan fingerprint density at radius 2 is 2.32 bits per heavy atom. The molecule has 22 heavy (non-hydrogen) atoms. The first-order valence-corrected chi connectivity index (χ1v) is 7.18. The number of ether oxygens (including phenoxy) is 2. The third-order valence-corrected chi connectivity index (χ3v) is 3.51. The maximum atomic E-state index is 13.2. The SMILES string of the molecule is O=C(NC[C@@H]1COCCO1)[C@H]1CC(c2cccc(F)c2)=NO1. The van der Waals surface area contributed by atoms with Gasteiger partial charge in [-0.1, -0.05) is 17.3 Å². The van der Waals surface area contributed by atoms with E-state index in [1.807, 2.05) is 0 Å². The van der Waals surface area contributed by atoms with Gasteiger partial charge < -0.3 is 19.6 Å². The van der Waals surface area contributed by atoms with E-state index in [9.17, 15) is 9.18 Å². The molecule has 1 aromatic carbocycles.